The molecule has 3 nitrogen and oxygen atoms in total. The average molecular weight is 291 g/mol. The Balaban J connectivity index is 3.51. The van der Waals surface area contributed by atoms with E-state index in [0.717, 1.165) is 16.7 Å². The third-order valence-corrected chi connectivity index (χ3v) is 3.82. The lowest BCUT2D eigenvalue weighted by molar-refractivity contribution is -0.118. The summed E-state index contributed by atoms with van der Waals surface area (Å²) in [7, 11) is 0. The molecule has 0 spiro atoms. The van der Waals surface area contributed by atoms with Crippen LogP contribution in [-0.4, -0.2) is 11.0 Å². The first-order chi connectivity index (χ1) is 9.34. The largest absolute Gasteiger partial charge is 0.507 e. The summed E-state index contributed by atoms with van der Waals surface area (Å²) in [5.41, 5.74) is 7.89. The van der Waals surface area contributed by atoms with Gasteiger partial charge in [-0.1, -0.05) is 60.6 Å². The molecule has 0 bridgehead atoms. The van der Waals surface area contributed by atoms with E-state index in [1.54, 1.807) is 0 Å². The van der Waals surface area contributed by atoms with Gasteiger partial charge in [0.2, 0.25) is 5.91 Å². The maximum atomic E-state index is 11.2. The van der Waals surface area contributed by atoms with Crippen molar-refractivity contribution in [3.05, 3.63) is 28.8 Å². The fourth-order valence-electron chi connectivity index (χ4n) is 2.50. The molecule has 0 heterocycles. The zero-order valence-corrected chi connectivity index (χ0v) is 14.4. The van der Waals surface area contributed by atoms with Gasteiger partial charge in [-0.3, -0.25) is 4.79 Å². The van der Waals surface area contributed by atoms with Crippen LogP contribution in [-0.2, 0) is 15.6 Å². The number of primary amides is 1. The van der Waals surface area contributed by atoms with E-state index < -0.39 is 0 Å². The topological polar surface area (TPSA) is 63.3 Å². The highest BCUT2D eigenvalue weighted by Gasteiger charge is 2.27. The zero-order chi connectivity index (χ0) is 16.6. The molecular weight excluding hydrogens is 262 g/mol. The van der Waals surface area contributed by atoms with E-state index in [1.807, 2.05) is 19.1 Å². The molecule has 1 atom stereocenters. The van der Waals surface area contributed by atoms with Gasteiger partial charge in [0.15, 0.2) is 0 Å². The van der Waals surface area contributed by atoms with Crippen molar-refractivity contribution < 1.29 is 9.90 Å². The molecule has 1 aromatic rings. The highest BCUT2D eigenvalue weighted by molar-refractivity contribution is 5.74. The first kappa shape index (κ1) is 17.5. The molecule has 1 aromatic carbocycles. The summed E-state index contributed by atoms with van der Waals surface area (Å²) in [6.07, 6.45) is 0.317. The van der Waals surface area contributed by atoms with E-state index in [9.17, 15) is 9.90 Å². The van der Waals surface area contributed by atoms with Gasteiger partial charge < -0.3 is 10.8 Å². The zero-order valence-electron chi connectivity index (χ0n) is 14.4. The minimum atomic E-state index is -0.301. The van der Waals surface area contributed by atoms with Crippen molar-refractivity contribution in [3.8, 4) is 5.75 Å². The molecular formula is C18H29NO2. The molecule has 1 rings (SSSR count). The fraction of sp³-hybridized carbons (Fsp3) is 0.611. The Hall–Kier alpha value is -1.51. The van der Waals surface area contributed by atoms with Gasteiger partial charge in [0, 0.05) is 6.42 Å². The Bertz CT molecular complexity index is 498. The van der Waals surface area contributed by atoms with Gasteiger partial charge in [-0.05, 0) is 33.4 Å². The number of phenolic OH excluding ortho intramolecular Hbond substituents is 1. The third kappa shape index (κ3) is 4.23. The minimum absolute atomic E-state index is 0.0466. The fourth-order valence-corrected chi connectivity index (χ4v) is 2.50. The quantitative estimate of drug-likeness (QED) is 0.885. The van der Waals surface area contributed by atoms with E-state index in [4.69, 9.17) is 5.73 Å². The maximum Gasteiger partial charge on any atom is 0.218 e. The molecule has 1 unspecified atom stereocenters. The van der Waals surface area contributed by atoms with E-state index >= 15 is 0 Å². The number of nitrogens with two attached hydrogens (primary N) is 1. The number of aromatic hydroxyl groups is 1. The lowest BCUT2D eigenvalue weighted by Crippen LogP contribution is -2.19. The van der Waals surface area contributed by atoms with Gasteiger partial charge in [-0.2, -0.15) is 0 Å². The summed E-state index contributed by atoms with van der Waals surface area (Å²) in [4.78, 5) is 11.2. The van der Waals surface area contributed by atoms with Crippen LogP contribution in [0.25, 0.3) is 0 Å². The molecule has 0 aliphatic rings. The lowest BCUT2D eigenvalue weighted by Gasteiger charge is -2.29. The van der Waals surface area contributed by atoms with Crippen LogP contribution in [0.15, 0.2) is 12.1 Å². The predicted molar refractivity (Wildman–Crippen MR) is 87.7 cm³/mol. The number of benzene rings is 1. The number of carbonyl (C=O) groups excluding carboxylic acids is 1. The van der Waals surface area contributed by atoms with Crippen LogP contribution in [0.2, 0.25) is 0 Å². The maximum absolute atomic E-state index is 11.2. The summed E-state index contributed by atoms with van der Waals surface area (Å²) in [5, 5.41) is 10.7. The second-order valence-corrected chi connectivity index (χ2v) is 8.04. The van der Waals surface area contributed by atoms with Gasteiger partial charge in [0.05, 0.1) is 0 Å². The smallest absolute Gasteiger partial charge is 0.218 e. The lowest BCUT2D eigenvalue weighted by atomic mass is 9.77. The molecule has 0 fully saturated rings. The van der Waals surface area contributed by atoms with Crippen molar-refractivity contribution in [2.24, 2.45) is 5.73 Å². The summed E-state index contributed by atoms with van der Waals surface area (Å²) in [6, 6.07) is 4.02. The van der Waals surface area contributed by atoms with Crippen molar-refractivity contribution in [2.45, 2.75) is 71.6 Å². The first-order valence-electron chi connectivity index (χ1n) is 7.50. The molecule has 21 heavy (non-hydrogen) atoms. The Morgan fingerprint density at radius 2 is 1.48 bits per heavy atom. The summed E-state index contributed by atoms with van der Waals surface area (Å²) in [5.74, 6) is 0.112. The van der Waals surface area contributed by atoms with Crippen LogP contribution in [0.5, 0.6) is 5.75 Å². The van der Waals surface area contributed by atoms with E-state index in [2.05, 4.69) is 41.5 Å². The monoisotopic (exact) mass is 291 g/mol. The van der Waals surface area contributed by atoms with Crippen LogP contribution >= 0.6 is 0 Å². The Labute approximate surface area is 128 Å². The second-order valence-electron chi connectivity index (χ2n) is 8.04. The van der Waals surface area contributed by atoms with Gasteiger partial charge in [0.25, 0.3) is 0 Å². The third-order valence-electron chi connectivity index (χ3n) is 3.82. The number of carbonyl (C=O) groups is 1. The summed E-state index contributed by atoms with van der Waals surface area (Å²) in [6.45, 7) is 14.5. The summed E-state index contributed by atoms with van der Waals surface area (Å²) < 4.78 is 0. The van der Waals surface area contributed by atoms with Crippen molar-refractivity contribution >= 4 is 5.91 Å². The van der Waals surface area contributed by atoms with Crippen molar-refractivity contribution in [1.82, 2.24) is 0 Å². The predicted octanol–water partition coefficient (Wildman–Crippen LogP) is 3.97. The van der Waals surface area contributed by atoms with Crippen molar-refractivity contribution in [3.63, 3.8) is 0 Å². The SMILES string of the molecule is CC(CC(N)=O)c1cc(C(C)(C)C)c(O)c(C(C)(C)C)c1. The van der Waals surface area contributed by atoms with Crippen molar-refractivity contribution in [2.75, 3.05) is 0 Å². The average Bonchev–Trinajstić information content (AvgIpc) is 2.24. The Morgan fingerprint density at radius 1 is 1.10 bits per heavy atom. The van der Waals surface area contributed by atoms with Crippen molar-refractivity contribution in [1.29, 1.82) is 0 Å². The molecule has 0 aromatic heterocycles. The van der Waals surface area contributed by atoms with Gasteiger partial charge in [0.1, 0.15) is 5.75 Å². The molecule has 1 amide bonds. The van der Waals surface area contributed by atoms with Crippen LogP contribution < -0.4 is 5.73 Å². The van der Waals surface area contributed by atoms with Crippen LogP contribution in [0, 0.1) is 0 Å². The van der Waals surface area contributed by atoms with Gasteiger partial charge >= 0.3 is 0 Å². The van der Waals surface area contributed by atoms with E-state index in [0.29, 0.717) is 12.2 Å². The highest BCUT2D eigenvalue weighted by atomic mass is 16.3. The number of hydrogen-bond donors (Lipinski definition) is 2. The molecule has 0 saturated carbocycles. The number of phenols is 1. The van der Waals surface area contributed by atoms with Crippen LogP contribution in [0.1, 0.15) is 77.5 Å². The minimum Gasteiger partial charge on any atom is -0.507 e. The molecule has 0 saturated heterocycles. The van der Waals surface area contributed by atoms with Gasteiger partial charge in [-0.25, -0.2) is 0 Å². The highest BCUT2D eigenvalue weighted by Crippen LogP contribution is 2.41. The number of amides is 1. The van der Waals surface area contributed by atoms with Crippen LogP contribution in [0.4, 0.5) is 0 Å². The molecule has 118 valence electrons. The van der Waals surface area contributed by atoms with E-state index in [1.165, 1.54) is 0 Å². The molecule has 0 aliphatic heterocycles. The molecule has 3 N–H and O–H groups in total. The summed E-state index contributed by atoms with van der Waals surface area (Å²) >= 11 is 0. The molecule has 0 radical (unpaired) electrons. The normalized spacial score (nSPS) is 14.0. The molecule has 0 aliphatic carbocycles. The standard InChI is InChI=1S/C18H29NO2/c1-11(8-15(19)20)12-9-13(17(2,3)4)16(21)14(10-12)18(5,6)7/h9-11,21H,8H2,1-7H3,(H2,19,20). The first-order valence-corrected chi connectivity index (χ1v) is 7.50. The van der Waals surface area contributed by atoms with Gasteiger partial charge in [-0.15, -0.1) is 0 Å². The number of rotatable bonds is 3. The Morgan fingerprint density at radius 3 is 1.76 bits per heavy atom. The molecule has 3 heteroatoms. The van der Waals surface area contributed by atoms with E-state index in [-0.39, 0.29) is 22.7 Å². The Kier molecular flexibility index (Phi) is 4.76. The second kappa shape index (κ2) is 5.70. The number of hydrogen-bond acceptors (Lipinski definition) is 2. The van der Waals surface area contributed by atoms with Crippen LogP contribution in [0.3, 0.4) is 0 Å².